The predicted octanol–water partition coefficient (Wildman–Crippen LogP) is 2.05. The first-order valence-electron chi connectivity index (χ1n) is 5.48. The first-order valence-corrected chi connectivity index (χ1v) is 5.86. The quantitative estimate of drug-likeness (QED) is 0.928. The third kappa shape index (κ3) is 2.68. The molecule has 100 valence electrons. The first kappa shape index (κ1) is 13.4. The summed E-state index contributed by atoms with van der Waals surface area (Å²) in [7, 11) is 1.75. The van der Waals surface area contributed by atoms with Gasteiger partial charge < -0.3 is 9.84 Å². The molecule has 0 saturated heterocycles. The van der Waals surface area contributed by atoms with Crippen LogP contribution in [0.15, 0.2) is 18.5 Å². The molecule has 0 fully saturated rings. The zero-order valence-electron chi connectivity index (χ0n) is 10.4. The Labute approximate surface area is 114 Å². The van der Waals surface area contributed by atoms with Crippen LogP contribution >= 0.6 is 11.6 Å². The van der Waals surface area contributed by atoms with Gasteiger partial charge in [0.25, 0.3) is 0 Å². The van der Waals surface area contributed by atoms with Gasteiger partial charge in [-0.25, -0.2) is 4.79 Å². The number of hydrogen-bond acceptors (Lipinski definition) is 4. The van der Waals surface area contributed by atoms with Gasteiger partial charge in [0.15, 0.2) is 5.75 Å². The van der Waals surface area contributed by atoms with Crippen molar-refractivity contribution < 1.29 is 14.6 Å². The van der Waals surface area contributed by atoms with Crippen molar-refractivity contribution in [2.24, 2.45) is 7.05 Å². The van der Waals surface area contributed by atoms with Gasteiger partial charge in [-0.05, 0) is 13.0 Å². The molecule has 0 unspecified atom stereocenters. The average molecular weight is 282 g/mol. The summed E-state index contributed by atoms with van der Waals surface area (Å²) in [5, 5.41) is 13.7. The highest BCUT2D eigenvalue weighted by atomic mass is 35.5. The van der Waals surface area contributed by atoms with E-state index in [0.29, 0.717) is 16.4 Å². The van der Waals surface area contributed by atoms with Crippen LogP contribution in [0.25, 0.3) is 0 Å². The molecule has 0 aliphatic carbocycles. The Morgan fingerprint density at radius 1 is 1.58 bits per heavy atom. The minimum Gasteiger partial charge on any atom is -0.485 e. The Morgan fingerprint density at radius 2 is 2.32 bits per heavy atom. The summed E-state index contributed by atoms with van der Waals surface area (Å²) in [6.07, 6.45) is 2.76. The zero-order chi connectivity index (χ0) is 14.0. The van der Waals surface area contributed by atoms with E-state index in [1.807, 2.05) is 0 Å². The van der Waals surface area contributed by atoms with E-state index in [0.717, 1.165) is 0 Å². The summed E-state index contributed by atoms with van der Waals surface area (Å²) in [5.74, 6) is -0.866. The smallest absolute Gasteiger partial charge is 0.339 e. The van der Waals surface area contributed by atoms with Crippen molar-refractivity contribution in [3.8, 4) is 5.75 Å². The van der Waals surface area contributed by atoms with Gasteiger partial charge in [-0.2, -0.15) is 5.10 Å². The molecular weight excluding hydrogens is 270 g/mol. The minimum atomic E-state index is -1.07. The number of nitrogens with zero attached hydrogens (tertiary/aromatic N) is 3. The monoisotopic (exact) mass is 281 g/mol. The highest BCUT2D eigenvalue weighted by Gasteiger charge is 2.15. The van der Waals surface area contributed by atoms with Gasteiger partial charge in [0.2, 0.25) is 0 Å². The number of carboxylic acid groups (broad SMARTS) is 1. The molecule has 0 amide bonds. The van der Waals surface area contributed by atoms with E-state index in [9.17, 15) is 4.79 Å². The Kier molecular flexibility index (Phi) is 3.71. The van der Waals surface area contributed by atoms with Crippen molar-refractivity contribution in [1.82, 2.24) is 14.8 Å². The standard InChI is InChI=1S/C12H12ClN3O3/c1-7-11(13)9(16(2)15-7)6-19-10-5-14-4-3-8(10)12(17)18/h3-5H,6H2,1-2H3,(H,17,18). The molecule has 0 atom stereocenters. The van der Waals surface area contributed by atoms with Gasteiger partial charge >= 0.3 is 5.97 Å². The van der Waals surface area contributed by atoms with Crippen LogP contribution < -0.4 is 4.74 Å². The maximum atomic E-state index is 11.0. The summed E-state index contributed by atoms with van der Waals surface area (Å²) < 4.78 is 7.08. The maximum absolute atomic E-state index is 11.0. The minimum absolute atomic E-state index is 0.0602. The number of pyridine rings is 1. The van der Waals surface area contributed by atoms with Gasteiger partial charge in [0.05, 0.1) is 22.6 Å². The Morgan fingerprint density at radius 3 is 2.89 bits per heavy atom. The van der Waals surface area contributed by atoms with Gasteiger partial charge in [0, 0.05) is 13.2 Å². The lowest BCUT2D eigenvalue weighted by Crippen LogP contribution is -2.07. The van der Waals surface area contributed by atoms with E-state index < -0.39 is 5.97 Å². The molecular formula is C12H12ClN3O3. The highest BCUT2D eigenvalue weighted by molar-refractivity contribution is 6.31. The van der Waals surface area contributed by atoms with Crippen molar-refractivity contribution in [2.45, 2.75) is 13.5 Å². The first-order chi connectivity index (χ1) is 9.00. The molecule has 2 aromatic rings. The number of carboxylic acids is 1. The van der Waals surface area contributed by atoms with Crippen molar-refractivity contribution in [2.75, 3.05) is 0 Å². The summed E-state index contributed by atoms with van der Waals surface area (Å²) in [5.41, 5.74) is 1.44. The lowest BCUT2D eigenvalue weighted by Gasteiger charge is -2.08. The summed E-state index contributed by atoms with van der Waals surface area (Å²) in [6, 6.07) is 1.38. The number of aryl methyl sites for hydroxylation is 2. The van der Waals surface area contributed by atoms with Crippen molar-refractivity contribution >= 4 is 17.6 Å². The van der Waals surface area contributed by atoms with Gasteiger partial charge in [0.1, 0.15) is 12.2 Å². The third-order valence-electron chi connectivity index (χ3n) is 2.64. The van der Waals surface area contributed by atoms with Crippen molar-refractivity contribution in [3.05, 3.63) is 40.4 Å². The predicted molar refractivity (Wildman–Crippen MR) is 68.5 cm³/mol. The fraction of sp³-hybridized carbons (Fsp3) is 0.250. The van der Waals surface area contributed by atoms with Gasteiger partial charge in [-0.1, -0.05) is 11.6 Å². The van der Waals surface area contributed by atoms with Crippen LogP contribution in [0.4, 0.5) is 0 Å². The number of carbonyl (C=O) groups is 1. The Hall–Kier alpha value is -2.08. The van der Waals surface area contributed by atoms with E-state index in [1.165, 1.54) is 18.5 Å². The molecule has 0 aromatic carbocycles. The molecule has 0 radical (unpaired) electrons. The lowest BCUT2D eigenvalue weighted by atomic mass is 10.2. The molecule has 0 saturated carbocycles. The highest BCUT2D eigenvalue weighted by Crippen LogP contribution is 2.23. The van der Waals surface area contributed by atoms with Crippen LogP contribution in [-0.4, -0.2) is 25.8 Å². The second-order valence-electron chi connectivity index (χ2n) is 3.94. The number of halogens is 1. The van der Waals surface area contributed by atoms with Crippen LogP contribution in [0, 0.1) is 6.92 Å². The zero-order valence-corrected chi connectivity index (χ0v) is 11.2. The van der Waals surface area contributed by atoms with E-state index in [2.05, 4.69) is 10.1 Å². The number of aromatic carboxylic acids is 1. The largest absolute Gasteiger partial charge is 0.485 e. The summed E-state index contributed by atoms with van der Waals surface area (Å²) in [6.45, 7) is 1.92. The molecule has 0 bridgehead atoms. The topological polar surface area (TPSA) is 77.2 Å². The molecule has 2 heterocycles. The summed E-state index contributed by atoms with van der Waals surface area (Å²) in [4.78, 5) is 14.9. The van der Waals surface area contributed by atoms with E-state index in [1.54, 1.807) is 18.7 Å². The van der Waals surface area contributed by atoms with E-state index in [4.69, 9.17) is 21.4 Å². The van der Waals surface area contributed by atoms with E-state index >= 15 is 0 Å². The molecule has 19 heavy (non-hydrogen) atoms. The molecule has 7 heteroatoms. The molecule has 0 aliphatic rings. The fourth-order valence-corrected chi connectivity index (χ4v) is 1.87. The van der Waals surface area contributed by atoms with Crippen LogP contribution in [0.5, 0.6) is 5.75 Å². The normalized spacial score (nSPS) is 10.5. The van der Waals surface area contributed by atoms with Gasteiger partial charge in [-0.3, -0.25) is 9.67 Å². The lowest BCUT2D eigenvalue weighted by molar-refractivity contribution is 0.0691. The average Bonchev–Trinajstić information content (AvgIpc) is 2.61. The SMILES string of the molecule is Cc1nn(C)c(COc2cnccc2C(=O)O)c1Cl. The Balaban J connectivity index is 2.22. The maximum Gasteiger partial charge on any atom is 0.339 e. The van der Waals surface area contributed by atoms with Crippen molar-refractivity contribution in [3.63, 3.8) is 0 Å². The number of aromatic nitrogens is 3. The molecule has 1 N–H and O–H groups in total. The van der Waals surface area contributed by atoms with Crippen LogP contribution in [0.2, 0.25) is 5.02 Å². The molecule has 6 nitrogen and oxygen atoms in total. The fourth-order valence-electron chi connectivity index (χ4n) is 1.65. The van der Waals surface area contributed by atoms with Crippen LogP contribution in [-0.2, 0) is 13.7 Å². The number of ether oxygens (including phenoxy) is 1. The van der Waals surface area contributed by atoms with Crippen LogP contribution in [0.1, 0.15) is 21.7 Å². The van der Waals surface area contributed by atoms with Crippen molar-refractivity contribution in [1.29, 1.82) is 0 Å². The summed E-state index contributed by atoms with van der Waals surface area (Å²) >= 11 is 6.09. The molecule has 0 spiro atoms. The molecule has 2 aromatic heterocycles. The molecule has 0 aliphatic heterocycles. The van der Waals surface area contributed by atoms with E-state index in [-0.39, 0.29) is 17.9 Å². The molecule has 2 rings (SSSR count). The second kappa shape index (κ2) is 5.27. The number of hydrogen-bond donors (Lipinski definition) is 1. The number of rotatable bonds is 4. The Bertz CT molecular complexity index is 625. The third-order valence-corrected chi connectivity index (χ3v) is 3.13. The van der Waals surface area contributed by atoms with Crippen LogP contribution in [0.3, 0.4) is 0 Å². The van der Waals surface area contributed by atoms with Gasteiger partial charge in [-0.15, -0.1) is 0 Å². The second-order valence-corrected chi connectivity index (χ2v) is 4.31.